The molecule has 0 aliphatic carbocycles. The summed E-state index contributed by atoms with van der Waals surface area (Å²) in [6.45, 7) is 5.99. The molecule has 6 nitrogen and oxygen atoms in total. The molecule has 1 aliphatic heterocycles. The van der Waals surface area contributed by atoms with E-state index < -0.39 is 0 Å². The fraction of sp³-hybridized carbons (Fsp3) is 0.700. The Hall–Kier alpha value is -1.21. The number of aryl methyl sites for hydroxylation is 1. The molecular formula is C10H16N2O4S. The molecule has 0 N–H and O–H groups in total. The van der Waals surface area contributed by atoms with E-state index in [1.54, 1.807) is 6.92 Å². The number of carbonyl (C=O) groups excluding carboxylic acids is 1. The molecule has 1 unspecified atom stereocenters. The Kier molecular flexibility index (Phi) is 6.49. The zero-order valence-corrected chi connectivity index (χ0v) is 10.7. The van der Waals surface area contributed by atoms with Crippen LogP contribution in [0.4, 0.5) is 0 Å². The third kappa shape index (κ3) is 5.60. The van der Waals surface area contributed by atoms with Crippen LogP contribution in [0.2, 0.25) is 0 Å². The molecule has 0 bridgehead atoms. The van der Waals surface area contributed by atoms with Gasteiger partial charge in [0, 0.05) is 18.0 Å². The fourth-order valence-corrected chi connectivity index (χ4v) is 1.75. The van der Waals surface area contributed by atoms with E-state index in [9.17, 15) is 4.79 Å². The van der Waals surface area contributed by atoms with E-state index in [4.69, 9.17) is 9.47 Å². The third-order valence-corrected chi connectivity index (χ3v) is 2.60. The predicted octanol–water partition coefficient (Wildman–Crippen LogP) is 1.19. The molecule has 1 saturated heterocycles. The second-order valence-corrected chi connectivity index (χ2v) is 3.98. The lowest BCUT2D eigenvalue weighted by Crippen LogP contribution is -2.15. The number of carbonyl (C=O) groups is 1. The zero-order chi connectivity index (χ0) is 12.5. The summed E-state index contributed by atoms with van der Waals surface area (Å²) in [6, 6.07) is 0. The number of nitrogens with zero attached hydrogens (tertiary/aromatic N) is 2. The van der Waals surface area contributed by atoms with Crippen LogP contribution in [0.1, 0.15) is 19.2 Å². The van der Waals surface area contributed by atoms with Crippen molar-refractivity contribution in [1.82, 2.24) is 9.36 Å². The molecule has 0 aromatic carbocycles. The van der Waals surface area contributed by atoms with Crippen molar-refractivity contribution in [2.75, 3.05) is 19.8 Å². The quantitative estimate of drug-likeness (QED) is 0.757. The van der Waals surface area contributed by atoms with E-state index in [0.717, 1.165) is 18.9 Å². The van der Waals surface area contributed by atoms with Gasteiger partial charge >= 0.3 is 0 Å². The van der Waals surface area contributed by atoms with Crippen molar-refractivity contribution >= 4 is 18.0 Å². The maximum absolute atomic E-state index is 9.18. The van der Waals surface area contributed by atoms with Crippen molar-refractivity contribution in [3.8, 4) is 5.19 Å². The van der Waals surface area contributed by atoms with Crippen molar-refractivity contribution in [3.05, 3.63) is 5.82 Å². The summed E-state index contributed by atoms with van der Waals surface area (Å²) >= 11 is 1.30. The Morgan fingerprint density at radius 3 is 2.88 bits per heavy atom. The number of hydrogen-bond donors (Lipinski definition) is 0. The van der Waals surface area contributed by atoms with Crippen LogP contribution in [-0.4, -0.2) is 41.8 Å². The van der Waals surface area contributed by atoms with Crippen LogP contribution < -0.4 is 4.74 Å². The highest BCUT2D eigenvalue weighted by Crippen LogP contribution is 2.18. The van der Waals surface area contributed by atoms with Gasteiger partial charge in [-0.15, -0.1) is 0 Å². The lowest BCUT2D eigenvalue weighted by molar-refractivity contribution is -0.128. The van der Waals surface area contributed by atoms with E-state index in [0.29, 0.717) is 24.9 Å². The van der Waals surface area contributed by atoms with Crippen LogP contribution in [0, 0.1) is 6.92 Å². The van der Waals surface area contributed by atoms with Crippen molar-refractivity contribution in [2.24, 2.45) is 0 Å². The lowest BCUT2D eigenvalue weighted by Gasteiger charge is -2.06. The average molecular weight is 260 g/mol. The SMILES string of the molecule is CCOC=O.Cc1nsc(OC2CCOC2)n1. The minimum Gasteiger partial charge on any atom is -0.468 e. The highest BCUT2D eigenvalue weighted by Gasteiger charge is 2.18. The van der Waals surface area contributed by atoms with Crippen LogP contribution in [0.3, 0.4) is 0 Å². The molecule has 0 saturated carbocycles. The van der Waals surface area contributed by atoms with Gasteiger partial charge in [-0.3, -0.25) is 4.79 Å². The monoisotopic (exact) mass is 260 g/mol. The molecule has 0 spiro atoms. The minimum absolute atomic E-state index is 0.178. The largest absolute Gasteiger partial charge is 0.468 e. The van der Waals surface area contributed by atoms with E-state index in [1.165, 1.54) is 11.5 Å². The van der Waals surface area contributed by atoms with E-state index >= 15 is 0 Å². The highest BCUT2D eigenvalue weighted by molar-refractivity contribution is 7.07. The molecule has 7 heteroatoms. The van der Waals surface area contributed by atoms with Gasteiger partial charge in [-0.05, 0) is 13.8 Å². The number of rotatable bonds is 4. The van der Waals surface area contributed by atoms with Gasteiger partial charge in [0.05, 0.1) is 19.8 Å². The first-order chi connectivity index (χ1) is 8.26. The van der Waals surface area contributed by atoms with Crippen LogP contribution in [-0.2, 0) is 14.3 Å². The van der Waals surface area contributed by atoms with Crippen LogP contribution >= 0.6 is 11.5 Å². The second kappa shape index (κ2) is 7.97. The summed E-state index contributed by atoms with van der Waals surface area (Å²) in [5.41, 5.74) is 0. The van der Waals surface area contributed by atoms with Gasteiger partial charge in [-0.25, -0.2) is 0 Å². The van der Waals surface area contributed by atoms with Gasteiger partial charge in [0.15, 0.2) is 0 Å². The summed E-state index contributed by atoms with van der Waals surface area (Å²) in [4.78, 5) is 13.3. The lowest BCUT2D eigenvalue weighted by atomic mass is 10.3. The highest BCUT2D eigenvalue weighted by atomic mass is 32.1. The van der Waals surface area contributed by atoms with Gasteiger partial charge in [0.1, 0.15) is 11.9 Å². The Bertz CT molecular complexity index is 326. The first-order valence-corrected chi connectivity index (χ1v) is 6.13. The Balaban J connectivity index is 0.000000249. The van der Waals surface area contributed by atoms with Crippen molar-refractivity contribution in [1.29, 1.82) is 0 Å². The molecule has 2 heterocycles. The first kappa shape index (κ1) is 13.9. The molecule has 0 radical (unpaired) electrons. The van der Waals surface area contributed by atoms with Gasteiger partial charge in [-0.2, -0.15) is 9.36 Å². The molecule has 1 aliphatic rings. The normalized spacial score (nSPS) is 18.1. The van der Waals surface area contributed by atoms with Gasteiger partial charge in [-0.1, -0.05) is 0 Å². The predicted molar refractivity (Wildman–Crippen MR) is 62.2 cm³/mol. The van der Waals surface area contributed by atoms with Gasteiger partial charge < -0.3 is 14.2 Å². The molecule has 17 heavy (non-hydrogen) atoms. The van der Waals surface area contributed by atoms with Crippen LogP contribution in [0.25, 0.3) is 0 Å². The van der Waals surface area contributed by atoms with Crippen molar-refractivity contribution in [3.63, 3.8) is 0 Å². The van der Waals surface area contributed by atoms with E-state index in [2.05, 4.69) is 14.1 Å². The van der Waals surface area contributed by atoms with Gasteiger partial charge in [0.2, 0.25) is 0 Å². The molecule has 0 amide bonds. The molecule has 1 aromatic rings. The Morgan fingerprint density at radius 2 is 2.47 bits per heavy atom. The number of ether oxygens (including phenoxy) is 3. The van der Waals surface area contributed by atoms with Crippen LogP contribution in [0.5, 0.6) is 5.19 Å². The smallest absolute Gasteiger partial charge is 0.293 e. The first-order valence-electron chi connectivity index (χ1n) is 5.36. The summed E-state index contributed by atoms with van der Waals surface area (Å²) in [7, 11) is 0. The summed E-state index contributed by atoms with van der Waals surface area (Å²) in [6.07, 6.45) is 1.14. The maximum atomic E-state index is 9.18. The average Bonchev–Trinajstić information content (AvgIpc) is 2.93. The van der Waals surface area contributed by atoms with E-state index in [-0.39, 0.29) is 6.10 Å². The van der Waals surface area contributed by atoms with Crippen molar-refractivity contribution < 1.29 is 19.0 Å². The standard InChI is InChI=1S/C7H10N2O2S.C3H6O2/c1-5-8-7(12-9-5)11-6-2-3-10-4-6;1-2-5-3-4/h6H,2-4H2,1H3;3H,2H2,1H3. The summed E-state index contributed by atoms with van der Waals surface area (Å²) in [5.74, 6) is 0.772. The minimum atomic E-state index is 0.178. The second-order valence-electron chi connectivity index (χ2n) is 3.26. The number of aromatic nitrogens is 2. The Morgan fingerprint density at radius 1 is 1.65 bits per heavy atom. The maximum Gasteiger partial charge on any atom is 0.293 e. The molecule has 2 rings (SSSR count). The number of hydrogen-bond acceptors (Lipinski definition) is 7. The molecule has 1 fully saturated rings. The summed E-state index contributed by atoms with van der Waals surface area (Å²) in [5, 5.41) is 0.656. The van der Waals surface area contributed by atoms with Crippen LogP contribution in [0.15, 0.2) is 0 Å². The van der Waals surface area contributed by atoms with E-state index in [1.807, 2.05) is 6.92 Å². The van der Waals surface area contributed by atoms with Gasteiger partial charge in [0.25, 0.3) is 11.7 Å². The van der Waals surface area contributed by atoms with Crippen molar-refractivity contribution in [2.45, 2.75) is 26.4 Å². The fourth-order valence-electron chi connectivity index (χ4n) is 1.14. The zero-order valence-electron chi connectivity index (χ0n) is 9.92. The molecule has 1 atom stereocenters. The topological polar surface area (TPSA) is 70.5 Å². The molecule has 1 aromatic heterocycles. The summed E-state index contributed by atoms with van der Waals surface area (Å²) < 4.78 is 18.9. The molecular weight excluding hydrogens is 244 g/mol. The third-order valence-electron chi connectivity index (χ3n) is 1.90. The molecule has 96 valence electrons. The Labute approximate surface area is 104 Å².